The number of anilines is 1. The van der Waals surface area contributed by atoms with Crippen LogP contribution in [-0.2, 0) is 11.0 Å². The molecule has 1 aliphatic rings. The average Bonchev–Trinajstić information content (AvgIpc) is 2.81. The summed E-state index contributed by atoms with van der Waals surface area (Å²) >= 11 is 0. The maximum Gasteiger partial charge on any atom is 0.416 e. The Kier molecular flexibility index (Phi) is 7.62. The van der Waals surface area contributed by atoms with Crippen molar-refractivity contribution in [3.05, 3.63) is 58.1 Å². The highest BCUT2D eigenvalue weighted by molar-refractivity contribution is 5.79. The fourth-order valence-electron chi connectivity index (χ4n) is 3.67. The average molecular weight is 467 g/mol. The molecule has 0 bridgehead atoms. The number of hydrogen-bond donors (Lipinski definition) is 1. The molecule has 1 N–H and O–H groups in total. The summed E-state index contributed by atoms with van der Waals surface area (Å²) < 4.78 is 49.4. The molecule has 1 saturated heterocycles. The van der Waals surface area contributed by atoms with Crippen molar-refractivity contribution in [3.8, 4) is 11.5 Å². The number of nitrogens with zero attached hydrogens (tertiary/aromatic N) is 2. The SMILES string of the molecule is COc1cccc(OCCNC(=O)C2CCN(c3ccc(C(F)(F)F)cc3[N+](=O)[O-])CC2)c1. The molecule has 3 rings (SSSR count). The van der Waals surface area contributed by atoms with Gasteiger partial charge < -0.3 is 19.7 Å². The highest BCUT2D eigenvalue weighted by Crippen LogP contribution is 2.37. The van der Waals surface area contributed by atoms with Crippen LogP contribution in [0.2, 0.25) is 0 Å². The fraction of sp³-hybridized carbons (Fsp3) is 0.409. The van der Waals surface area contributed by atoms with Gasteiger partial charge in [-0.05, 0) is 37.1 Å². The van der Waals surface area contributed by atoms with Crippen molar-refractivity contribution in [2.75, 3.05) is 38.3 Å². The van der Waals surface area contributed by atoms with E-state index < -0.39 is 22.4 Å². The van der Waals surface area contributed by atoms with Gasteiger partial charge in [-0.1, -0.05) is 6.07 Å². The van der Waals surface area contributed by atoms with Crippen molar-refractivity contribution in [2.45, 2.75) is 19.0 Å². The lowest BCUT2D eigenvalue weighted by Gasteiger charge is -2.32. The first-order valence-electron chi connectivity index (χ1n) is 10.3. The number of rotatable bonds is 8. The molecule has 11 heteroatoms. The lowest BCUT2D eigenvalue weighted by atomic mass is 9.95. The van der Waals surface area contributed by atoms with Gasteiger partial charge >= 0.3 is 6.18 Å². The van der Waals surface area contributed by atoms with Crippen molar-refractivity contribution in [3.63, 3.8) is 0 Å². The maximum atomic E-state index is 12.9. The minimum atomic E-state index is -4.66. The lowest BCUT2D eigenvalue weighted by Crippen LogP contribution is -2.41. The molecule has 0 radical (unpaired) electrons. The topological polar surface area (TPSA) is 93.9 Å². The normalized spacial score (nSPS) is 14.6. The van der Waals surface area contributed by atoms with Gasteiger partial charge in [0.05, 0.1) is 24.1 Å². The first-order chi connectivity index (χ1) is 15.7. The van der Waals surface area contributed by atoms with Crippen molar-refractivity contribution in [1.82, 2.24) is 5.32 Å². The number of amides is 1. The van der Waals surface area contributed by atoms with E-state index in [0.717, 1.165) is 12.1 Å². The quantitative estimate of drug-likeness (QED) is 0.358. The molecule has 2 aromatic carbocycles. The van der Waals surface area contributed by atoms with Crippen LogP contribution in [0.5, 0.6) is 11.5 Å². The van der Waals surface area contributed by atoms with Gasteiger partial charge in [-0.25, -0.2) is 0 Å². The Morgan fingerprint density at radius 2 is 1.88 bits per heavy atom. The Morgan fingerprint density at radius 3 is 2.52 bits per heavy atom. The van der Waals surface area contributed by atoms with E-state index in [9.17, 15) is 28.1 Å². The molecule has 0 atom stereocenters. The largest absolute Gasteiger partial charge is 0.497 e. The highest BCUT2D eigenvalue weighted by Gasteiger charge is 2.34. The van der Waals surface area contributed by atoms with Gasteiger partial charge in [-0.2, -0.15) is 13.2 Å². The van der Waals surface area contributed by atoms with Crippen LogP contribution < -0.4 is 19.7 Å². The van der Waals surface area contributed by atoms with E-state index in [4.69, 9.17) is 9.47 Å². The number of nitrogens with one attached hydrogen (secondary N) is 1. The summed E-state index contributed by atoms with van der Waals surface area (Å²) in [7, 11) is 1.56. The Bertz CT molecular complexity index is 991. The third kappa shape index (κ3) is 6.27. The van der Waals surface area contributed by atoms with Crippen LogP contribution in [0.3, 0.4) is 0 Å². The van der Waals surface area contributed by atoms with Crippen molar-refractivity contribution >= 4 is 17.3 Å². The molecule has 0 unspecified atom stereocenters. The molecule has 0 aliphatic carbocycles. The van der Waals surface area contributed by atoms with Crippen LogP contribution in [0.25, 0.3) is 0 Å². The van der Waals surface area contributed by atoms with Crippen molar-refractivity contribution in [1.29, 1.82) is 0 Å². The first kappa shape index (κ1) is 24.1. The van der Waals surface area contributed by atoms with Crippen LogP contribution >= 0.6 is 0 Å². The van der Waals surface area contributed by atoms with Gasteiger partial charge in [0.15, 0.2) is 0 Å². The summed E-state index contributed by atoms with van der Waals surface area (Å²) in [6.07, 6.45) is -3.80. The summed E-state index contributed by atoms with van der Waals surface area (Å²) in [5.74, 6) is 0.851. The zero-order valence-electron chi connectivity index (χ0n) is 17.9. The van der Waals surface area contributed by atoms with E-state index in [2.05, 4.69) is 5.32 Å². The zero-order valence-corrected chi connectivity index (χ0v) is 17.9. The number of ether oxygens (including phenoxy) is 2. The number of methoxy groups -OCH3 is 1. The second-order valence-electron chi connectivity index (χ2n) is 7.54. The van der Waals surface area contributed by atoms with E-state index in [1.165, 1.54) is 0 Å². The molecule has 2 aromatic rings. The second-order valence-corrected chi connectivity index (χ2v) is 7.54. The predicted molar refractivity (Wildman–Crippen MR) is 115 cm³/mol. The maximum absolute atomic E-state index is 12.9. The molecule has 1 aliphatic heterocycles. The number of halogens is 3. The minimum Gasteiger partial charge on any atom is -0.497 e. The van der Waals surface area contributed by atoms with E-state index in [0.29, 0.717) is 50.0 Å². The zero-order chi connectivity index (χ0) is 24.0. The monoisotopic (exact) mass is 467 g/mol. The van der Waals surface area contributed by atoms with Crippen LogP contribution in [0, 0.1) is 16.0 Å². The predicted octanol–water partition coefficient (Wildman–Crippen LogP) is 4.03. The van der Waals surface area contributed by atoms with Gasteiger partial charge in [-0.3, -0.25) is 14.9 Å². The number of benzene rings is 2. The number of nitro groups is 1. The Hall–Kier alpha value is -3.50. The molecule has 1 heterocycles. The van der Waals surface area contributed by atoms with Crippen molar-refractivity contribution < 1.29 is 32.4 Å². The molecule has 178 valence electrons. The van der Waals surface area contributed by atoms with E-state index in [-0.39, 0.29) is 24.1 Å². The van der Waals surface area contributed by atoms with E-state index in [1.54, 1.807) is 36.3 Å². The summed E-state index contributed by atoms with van der Waals surface area (Å²) in [5, 5.41) is 14.1. The van der Waals surface area contributed by atoms with Gasteiger partial charge in [0.25, 0.3) is 5.69 Å². The van der Waals surface area contributed by atoms with Gasteiger partial charge in [-0.15, -0.1) is 0 Å². The smallest absolute Gasteiger partial charge is 0.416 e. The Morgan fingerprint density at radius 1 is 1.18 bits per heavy atom. The number of carbonyl (C=O) groups is 1. The summed E-state index contributed by atoms with van der Waals surface area (Å²) in [6, 6.07) is 9.61. The van der Waals surface area contributed by atoms with Crippen LogP contribution in [0.1, 0.15) is 18.4 Å². The van der Waals surface area contributed by atoms with Gasteiger partial charge in [0.1, 0.15) is 23.8 Å². The van der Waals surface area contributed by atoms with E-state index in [1.807, 2.05) is 0 Å². The molecule has 1 fully saturated rings. The molecule has 8 nitrogen and oxygen atoms in total. The number of hydrogen-bond acceptors (Lipinski definition) is 6. The molecule has 33 heavy (non-hydrogen) atoms. The van der Waals surface area contributed by atoms with E-state index >= 15 is 0 Å². The van der Waals surface area contributed by atoms with Crippen LogP contribution in [-0.4, -0.2) is 44.2 Å². The summed E-state index contributed by atoms with van der Waals surface area (Å²) in [5.41, 5.74) is -1.54. The summed E-state index contributed by atoms with van der Waals surface area (Å²) in [4.78, 5) is 24.6. The van der Waals surface area contributed by atoms with Gasteiger partial charge in [0.2, 0.25) is 5.91 Å². The second kappa shape index (κ2) is 10.4. The molecule has 0 saturated carbocycles. The van der Waals surface area contributed by atoms with Crippen LogP contribution in [0.15, 0.2) is 42.5 Å². The molecule has 0 spiro atoms. The third-order valence-electron chi connectivity index (χ3n) is 5.42. The first-order valence-corrected chi connectivity index (χ1v) is 10.3. The van der Waals surface area contributed by atoms with Gasteiger partial charge in [0, 0.05) is 31.1 Å². The number of carbonyl (C=O) groups excluding carboxylic acids is 1. The molecule has 1 amide bonds. The lowest BCUT2D eigenvalue weighted by molar-refractivity contribution is -0.384. The number of piperidine rings is 1. The van der Waals surface area contributed by atoms with Crippen LogP contribution in [0.4, 0.5) is 24.5 Å². The third-order valence-corrected chi connectivity index (χ3v) is 5.42. The fourth-order valence-corrected chi connectivity index (χ4v) is 3.67. The Labute approximate surface area is 188 Å². The standard InChI is InChI=1S/C22H24F3N3O5/c1-32-17-3-2-4-18(14-17)33-12-9-26-21(29)15-7-10-27(11-8-15)19-6-5-16(22(23,24)25)13-20(19)28(30)31/h2-6,13-15H,7-12H2,1H3,(H,26,29). The van der Waals surface area contributed by atoms with Crippen molar-refractivity contribution in [2.24, 2.45) is 5.92 Å². The number of nitro benzene ring substituents is 1. The summed E-state index contributed by atoms with van der Waals surface area (Å²) in [6.45, 7) is 1.23. The Balaban J connectivity index is 1.50. The highest BCUT2D eigenvalue weighted by atomic mass is 19.4. The molecular formula is C22H24F3N3O5. The molecular weight excluding hydrogens is 443 g/mol. The minimum absolute atomic E-state index is 0.124. The molecule has 0 aromatic heterocycles. The number of alkyl halides is 3.